The van der Waals surface area contributed by atoms with E-state index in [0.717, 1.165) is 17.0 Å². The second-order valence-corrected chi connectivity index (χ2v) is 9.31. The first-order chi connectivity index (χ1) is 16.0. The smallest absolute Gasteiger partial charge is 0.220 e. The minimum absolute atomic E-state index is 0.0327. The second kappa shape index (κ2) is 11.1. The van der Waals surface area contributed by atoms with E-state index in [1.807, 2.05) is 34.9 Å². The van der Waals surface area contributed by atoms with Crippen molar-refractivity contribution in [3.8, 4) is 17.1 Å². The predicted molar refractivity (Wildman–Crippen MR) is 132 cm³/mol. The van der Waals surface area contributed by atoms with Crippen molar-refractivity contribution in [3.63, 3.8) is 0 Å². The normalized spacial score (nSPS) is 11.0. The van der Waals surface area contributed by atoms with Crippen LogP contribution in [0.15, 0.2) is 70.4 Å². The molecule has 0 radical (unpaired) electrons. The van der Waals surface area contributed by atoms with Gasteiger partial charge in [0.25, 0.3) is 0 Å². The number of nitrogens with one attached hydrogen (secondary N) is 1. The molecular weight excluding hydrogens is 503 g/mol. The largest absolute Gasteiger partial charge is 0.467 e. The molecule has 0 fully saturated rings. The maximum atomic E-state index is 12.1. The van der Waals surface area contributed by atoms with E-state index in [1.54, 1.807) is 30.5 Å². The van der Waals surface area contributed by atoms with Gasteiger partial charge in [-0.1, -0.05) is 58.7 Å². The van der Waals surface area contributed by atoms with Crippen molar-refractivity contribution in [2.75, 3.05) is 5.75 Å². The average Bonchev–Trinajstić information content (AvgIpc) is 3.48. The highest BCUT2D eigenvalue weighted by atomic mass is 35.5. The Morgan fingerprint density at radius 3 is 2.61 bits per heavy atom. The van der Waals surface area contributed by atoms with Crippen molar-refractivity contribution < 1.29 is 9.21 Å². The summed E-state index contributed by atoms with van der Waals surface area (Å²) in [5, 5.41) is 13.7. The third-order valence-electron chi connectivity index (χ3n) is 4.73. The summed E-state index contributed by atoms with van der Waals surface area (Å²) in [6, 6.07) is 16.4. The molecule has 4 rings (SSSR count). The quantitative estimate of drug-likeness (QED) is 0.196. The maximum absolute atomic E-state index is 12.1. The third-order valence-corrected chi connectivity index (χ3v) is 6.81. The van der Waals surface area contributed by atoms with Crippen LogP contribution in [0.5, 0.6) is 0 Å². The molecule has 0 unspecified atom stereocenters. The van der Waals surface area contributed by atoms with Crippen molar-refractivity contribution in [1.82, 2.24) is 20.1 Å². The summed E-state index contributed by atoms with van der Waals surface area (Å²) in [5.74, 6) is 1.96. The maximum Gasteiger partial charge on any atom is 0.220 e. The summed E-state index contributed by atoms with van der Waals surface area (Å²) in [6.45, 7) is 0.381. The zero-order valence-electron chi connectivity index (χ0n) is 17.3. The van der Waals surface area contributed by atoms with Gasteiger partial charge >= 0.3 is 0 Å². The first-order valence-electron chi connectivity index (χ1n) is 10.1. The van der Waals surface area contributed by atoms with Gasteiger partial charge in [0.05, 0.1) is 33.6 Å². The standard InChI is InChI=1S/C23H19Cl3N4O2S/c24-18-7-2-1-6-17(18)22-28-29-23(30(22)15-9-10-19(25)20(26)13-15)33-12-4-8-21(31)27-14-16-5-3-11-32-16/h1-3,5-7,9-11,13H,4,8,12,14H2,(H,27,31). The summed E-state index contributed by atoms with van der Waals surface area (Å²) in [5.41, 5.74) is 1.52. The molecule has 6 nitrogen and oxygen atoms in total. The van der Waals surface area contributed by atoms with E-state index in [1.165, 1.54) is 11.8 Å². The van der Waals surface area contributed by atoms with Crippen molar-refractivity contribution in [2.24, 2.45) is 0 Å². The molecule has 0 saturated carbocycles. The lowest BCUT2D eigenvalue weighted by Crippen LogP contribution is -2.22. The third kappa shape index (κ3) is 5.92. The van der Waals surface area contributed by atoms with Gasteiger partial charge in [-0.15, -0.1) is 10.2 Å². The van der Waals surface area contributed by atoms with Gasteiger partial charge in [-0.05, 0) is 48.9 Å². The van der Waals surface area contributed by atoms with Gasteiger partial charge in [0.2, 0.25) is 5.91 Å². The number of aromatic nitrogens is 3. The van der Waals surface area contributed by atoms with Crippen molar-refractivity contribution >= 4 is 52.5 Å². The number of amides is 1. The molecule has 0 aliphatic carbocycles. The number of hydrogen-bond acceptors (Lipinski definition) is 5. The molecule has 33 heavy (non-hydrogen) atoms. The summed E-state index contributed by atoms with van der Waals surface area (Å²) in [7, 11) is 0. The van der Waals surface area contributed by atoms with Crippen LogP contribution in [0.25, 0.3) is 17.1 Å². The first kappa shape index (κ1) is 23.7. The summed E-state index contributed by atoms with van der Waals surface area (Å²) >= 11 is 20.3. The van der Waals surface area contributed by atoms with Crippen LogP contribution >= 0.6 is 46.6 Å². The van der Waals surface area contributed by atoms with E-state index in [4.69, 9.17) is 39.2 Å². The van der Waals surface area contributed by atoms with Crippen molar-refractivity contribution in [2.45, 2.75) is 24.5 Å². The number of halogens is 3. The Balaban J connectivity index is 1.48. The Morgan fingerprint density at radius 1 is 1.00 bits per heavy atom. The molecule has 0 atom stereocenters. The number of carbonyl (C=O) groups is 1. The topological polar surface area (TPSA) is 73.0 Å². The molecule has 1 N–H and O–H groups in total. The lowest BCUT2D eigenvalue weighted by atomic mass is 10.2. The number of hydrogen-bond donors (Lipinski definition) is 1. The molecular formula is C23H19Cl3N4O2S. The molecule has 4 aromatic rings. The first-order valence-corrected chi connectivity index (χ1v) is 12.2. The Morgan fingerprint density at radius 2 is 1.85 bits per heavy atom. The highest BCUT2D eigenvalue weighted by Gasteiger charge is 2.19. The number of nitrogens with zero attached hydrogens (tertiary/aromatic N) is 3. The minimum Gasteiger partial charge on any atom is -0.467 e. The highest BCUT2D eigenvalue weighted by Crippen LogP contribution is 2.34. The van der Waals surface area contributed by atoms with Gasteiger partial charge < -0.3 is 9.73 Å². The SMILES string of the molecule is O=C(CCCSc1nnc(-c2ccccc2Cl)n1-c1ccc(Cl)c(Cl)c1)NCc1ccco1. The monoisotopic (exact) mass is 520 g/mol. The zero-order valence-corrected chi connectivity index (χ0v) is 20.4. The van der Waals surface area contributed by atoms with Gasteiger partial charge in [0.15, 0.2) is 11.0 Å². The molecule has 0 aliphatic rings. The van der Waals surface area contributed by atoms with E-state index >= 15 is 0 Å². The van der Waals surface area contributed by atoms with Gasteiger partial charge in [0, 0.05) is 17.7 Å². The molecule has 0 bridgehead atoms. The van der Waals surface area contributed by atoms with Gasteiger partial charge in [0.1, 0.15) is 5.76 Å². The van der Waals surface area contributed by atoms with Crippen LogP contribution in [0.4, 0.5) is 0 Å². The summed E-state index contributed by atoms with van der Waals surface area (Å²) in [6.07, 6.45) is 2.65. The van der Waals surface area contributed by atoms with Crippen LogP contribution < -0.4 is 5.32 Å². The van der Waals surface area contributed by atoms with Crippen molar-refractivity contribution in [1.29, 1.82) is 0 Å². The number of thioether (sulfide) groups is 1. The molecule has 1 amide bonds. The van der Waals surface area contributed by atoms with Gasteiger partial charge in [-0.25, -0.2) is 0 Å². The van der Waals surface area contributed by atoms with E-state index < -0.39 is 0 Å². The van der Waals surface area contributed by atoms with Crippen LogP contribution in [0.1, 0.15) is 18.6 Å². The predicted octanol–water partition coefficient (Wildman–Crippen LogP) is 6.68. The Labute approximate surface area is 210 Å². The molecule has 0 saturated heterocycles. The number of carbonyl (C=O) groups excluding carboxylic acids is 1. The second-order valence-electron chi connectivity index (χ2n) is 7.03. The molecule has 0 aliphatic heterocycles. The lowest BCUT2D eigenvalue weighted by Gasteiger charge is -2.12. The van der Waals surface area contributed by atoms with Crippen LogP contribution in [0, 0.1) is 0 Å². The van der Waals surface area contributed by atoms with E-state index in [2.05, 4.69) is 15.5 Å². The van der Waals surface area contributed by atoms with Crippen LogP contribution in [-0.2, 0) is 11.3 Å². The Kier molecular flexibility index (Phi) is 7.98. The van der Waals surface area contributed by atoms with Crippen LogP contribution in [0.2, 0.25) is 15.1 Å². The Bertz CT molecular complexity index is 1240. The number of furan rings is 1. The average molecular weight is 522 g/mol. The fourth-order valence-electron chi connectivity index (χ4n) is 3.12. The fourth-order valence-corrected chi connectivity index (χ4v) is 4.52. The molecule has 170 valence electrons. The fraction of sp³-hybridized carbons (Fsp3) is 0.174. The molecule has 2 heterocycles. The lowest BCUT2D eigenvalue weighted by molar-refractivity contribution is -0.121. The number of rotatable bonds is 9. The van der Waals surface area contributed by atoms with Crippen LogP contribution in [-0.4, -0.2) is 26.4 Å². The molecule has 2 aromatic heterocycles. The van der Waals surface area contributed by atoms with Gasteiger partial charge in [-0.3, -0.25) is 9.36 Å². The molecule has 0 spiro atoms. The molecule has 2 aromatic carbocycles. The van der Waals surface area contributed by atoms with E-state index in [0.29, 0.717) is 51.2 Å². The minimum atomic E-state index is -0.0327. The zero-order chi connectivity index (χ0) is 23.2. The highest BCUT2D eigenvalue weighted by molar-refractivity contribution is 7.99. The summed E-state index contributed by atoms with van der Waals surface area (Å²) in [4.78, 5) is 12.1. The van der Waals surface area contributed by atoms with E-state index in [9.17, 15) is 4.79 Å². The summed E-state index contributed by atoms with van der Waals surface area (Å²) < 4.78 is 7.12. The van der Waals surface area contributed by atoms with E-state index in [-0.39, 0.29) is 5.91 Å². The Hall–Kier alpha value is -2.45. The number of benzene rings is 2. The van der Waals surface area contributed by atoms with Crippen molar-refractivity contribution in [3.05, 3.63) is 81.7 Å². The van der Waals surface area contributed by atoms with Gasteiger partial charge in [-0.2, -0.15) is 0 Å². The molecule has 10 heteroatoms. The van der Waals surface area contributed by atoms with Crippen LogP contribution in [0.3, 0.4) is 0 Å².